The maximum Gasteiger partial charge on any atom is 0.265 e. The molecule has 0 bridgehead atoms. The van der Waals surface area contributed by atoms with Crippen LogP contribution >= 0.6 is 12.4 Å². The number of amides is 2. The largest absolute Gasteiger partial charge is 0.478 e. The Kier molecular flexibility index (Phi) is 7.51. The summed E-state index contributed by atoms with van der Waals surface area (Å²) in [5, 5.41) is 5.79. The van der Waals surface area contributed by atoms with Crippen molar-refractivity contribution in [1.29, 1.82) is 0 Å². The van der Waals surface area contributed by atoms with E-state index in [1.54, 1.807) is 6.07 Å². The molecule has 3 unspecified atom stereocenters. The smallest absolute Gasteiger partial charge is 0.265 e. The van der Waals surface area contributed by atoms with Crippen LogP contribution in [0.25, 0.3) is 0 Å². The number of carbonyl (C=O) groups excluding carboxylic acids is 2. The molecule has 4 N–H and O–H groups in total. The molecule has 3 atom stereocenters. The number of benzene rings is 1. The van der Waals surface area contributed by atoms with E-state index in [4.69, 9.17) is 10.5 Å². The lowest BCUT2D eigenvalue weighted by Crippen LogP contribution is -2.36. The molecule has 1 aliphatic rings. The first-order valence-electron chi connectivity index (χ1n) is 8.07. The number of hydrogen-bond acceptors (Lipinski definition) is 4. The predicted octanol–water partition coefficient (Wildman–Crippen LogP) is 2.52. The molecule has 7 heteroatoms. The maximum absolute atomic E-state index is 11.9. The van der Waals surface area contributed by atoms with Crippen LogP contribution in [-0.4, -0.2) is 24.0 Å². The monoisotopic (exact) mass is 355 g/mol. The van der Waals surface area contributed by atoms with Gasteiger partial charge in [-0.1, -0.05) is 13.0 Å². The summed E-state index contributed by atoms with van der Waals surface area (Å²) in [5.41, 5.74) is 7.27. The summed E-state index contributed by atoms with van der Waals surface area (Å²) in [6.45, 7) is 5.71. The van der Waals surface area contributed by atoms with Gasteiger partial charge in [0.1, 0.15) is 5.75 Å². The first kappa shape index (κ1) is 20.3. The Hall–Kier alpha value is -1.79. The Labute approximate surface area is 148 Å². The fourth-order valence-electron chi connectivity index (χ4n) is 2.45. The second-order valence-corrected chi connectivity index (χ2v) is 6.06. The molecule has 1 aromatic carbocycles. The molecule has 1 aliphatic heterocycles. The third-order valence-corrected chi connectivity index (χ3v) is 3.90. The van der Waals surface area contributed by atoms with Crippen LogP contribution in [0.15, 0.2) is 18.2 Å². The molecule has 2 amide bonds. The highest BCUT2D eigenvalue weighted by atomic mass is 35.5. The minimum atomic E-state index is -0.464. The molecule has 134 valence electrons. The number of halogens is 1. The van der Waals surface area contributed by atoms with Gasteiger partial charge in [0.05, 0.1) is 11.7 Å². The van der Waals surface area contributed by atoms with Crippen molar-refractivity contribution in [3.8, 4) is 5.75 Å². The van der Waals surface area contributed by atoms with Gasteiger partial charge in [-0.25, -0.2) is 0 Å². The summed E-state index contributed by atoms with van der Waals surface area (Å²) in [6, 6.07) is 5.43. The van der Waals surface area contributed by atoms with Crippen LogP contribution in [-0.2, 0) is 9.59 Å². The number of nitrogens with two attached hydrogens (primary N) is 1. The first-order valence-corrected chi connectivity index (χ1v) is 8.07. The van der Waals surface area contributed by atoms with Crippen molar-refractivity contribution in [2.24, 2.45) is 5.73 Å². The van der Waals surface area contributed by atoms with Gasteiger partial charge in [0, 0.05) is 12.5 Å². The molecular weight excluding hydrogens is 330 g/mol. The standard InChI is InChI=1S/C17H25N3O3.ClH/c1-4-14-17(22)20-13-7-6-12(9-15(13)23-14)11(3)19-16(21)8-5-10(2)18;/h6-7,9-11,14H,4-5,8,18H2,1-3H3,(H,19,21)(H,20,22);1H. The Balaban J connectivity index is 0.00000288. The number of hydrogen-bond donors (Lipinski definition) is 3. The van der Waals surface area contributed by atoms with E-state index in [-0.39, 0.29) is 36.3 Å². The van der Waals surface area contributed by atoms with E-state index >= 15 is 0 Å². The van der Waals surface area contributed by atoms with Gasteiger partial charge in [-0.05, 0) is 44.4 Å². The zero-order chi connectivity index (χ0) is 17.0. The van der Waals surface area contributed by atoms with Crippen LogP contribution in [0.2, 0.25) is 0 Å². The van der Waals surface area contributed by atoms with Crippen LogP contribution < -0.4 is 21.1 Å². The van der Waals surface area contributed by atoms with Crippen molar-refractivity contribution in [3.05, 3.63) is 23.8 Å². The van der Waals surface area contributed by atoms with Gasteiger partial charge < -0.3 is 21.1 Å². The van der Waals surface area contributed by atoms with Crippen molar-refractivity contribution >= 4 is 29.9 Å². The van der Waals surface area contributed by atoms with Crippen LogP contribution in [0.1, 0.15) is 51.6 Å². The highest BCUT2D eigenvalue weighted by Gasteiger charge is 2.26. The second-order valence-electron chi connectivity index (χ2n) is 6.06. The third-order valence-electron chi connectivity index (χ3n) is 3.90. The van der Waals surface area contributed by atoms with Gasteiger partial charge in [-0.15, -0.1) is 12.4 Å². The Morgan fingerprint density at radius 2 is 2.12 bits per heavy atom. The van der Waals surface area contributed by atoms with Gasteiger partial charge in [-0.2, -0.15) is 0 Å². The molecular formula is C17H26ClN3O3. The molecule has 0 spiro atoms. The Bertz CT molecular complexity index is 592. The fraction of sp³-hybridized carbons (Fsp3) is 0.529. The van der Waals surface area contributed by atoms with E-state index in [0.29, 0.717) is 30.7 Å². The van der Waals surface area contributed by atoms with Crippen molar-refractivity contribution in [2.75, 3.05) is 5.32 Å². The molecule has 0 radical (unpaired) electrons. The summed E-state index contributed by atoms with van der Waals surface area (Å²) in [4.78, 5) is 23.7. The molecule has 0 saturated heterocycles. The van der Waals surface area contributed by atoms with Gasteiger partial charge in [0.15, 0.2) is 6.10 Å². The summed E-state index contributed by atoms with van der Waals surface area (Å²) < 4.78 is 5.73. The average Bonchev–Trinajstić information content (AvgIpc) is 2.51. The third kappa shape index (κ3) is 5.11. The van der Waals surface area contributed by atoms with Crippen LogP contribution in [0.4, 0.5) is 5.69 Å². The van der Waals surface area contributed by atoms with Crippen molar-refractivity contribution in [3.63, 3.8) is 0 Å². The van der Waals surface area contributed by atoms with Crippen molar-refractivity contribution in [2.45, 2.75) is 58.2 Å². The summed E-state index contributed by atoms with van der Waals surface area (Å²) in [6.07, 6.45) is 1.22. The summed E-state index contributed by atoms with van der Waals surface area (Å²) in [7, 11) is 0. The number of nitrogens with one attached hydrogen (secondary N) is 2. The number of rotatable bonds is 6. The van der Waals surface area contributed by atoms with E-state index in [2.05, 4.69) is 10.6 Å². The normalized spacial score (nSPS) is 18.3. The fourth-order valence-corrected chi connectivity index (χ4v) is 2.45. The number of fused-ring (bicyclic) bond motifs is 1. The second kappa shape index (κ2) is 8.89. The van der Waals surface area contributed by atoms with Gasteiger partial charge in [0.25, 0.3) is 5.91 Å². The van der Waals surface area contributed by atoms with Crippen LogP contribution in [0.5, 0.6) is 5.75 Å². The van der Waals surface area contributed by atoms with Gasteiger partial charge in [-0.3, -0.25) is 9.59 Å². The molecule has 1 heterocycles. The first-order chi connectivity index (χ1) is 10.9. The minimum Gasteiger partial charge on any atom is -0.478 e. The minimum absolute atomic E-state index is 0. The van der Waals surface area contributed by atoms with Crippen LogP contribution in [0.3, 0.4) is 0 Å². The van der Waals surface area contributed by atoms with Gasteiger partial charge >= 0.3 is 0 Å². The number of ether oxygens (including phenoxy) is 1. The maximum atomic E-state index is 11.9. The summed E-state index contributed by atoms with van der Waals surface area (Å²) >= 11 is 0. The lowest BCUT2D eigenvalue weighted by molar-refractivity contribution is -0.123. The Morgan fingerprint density at radius 1 is 1.42 bits per heavy atom. The topological polar surface area (TPSA) is 93.4 Å². The molecule has 0 fully saturated rings. The quantitative estimate of drug-likeness (QED) is 0.730. The lowest BCUT2D eigenvalue weighted by Gasteiger charge is -2.26. The molecule has 6 nitrogen and oxygen atoms in total. The molecule has 0 saturated carbocycles. The molecule has 1 aromatic rings. The number of carbonyl (C=O) groups is 2. The molecule has 2 rings (SSSR count). The predicted molar refractivity (Wildman–Crippen MR) is 96.5 cm³/mol. The number of anilines is 1. The van der Waals surface area contributed by atoms with E-state index in [0.717, 1.165) is 5.56 Å². The van der Waals surface area contributed by atoms with E-state index < -0.39 is 6.10 Å². The van der Waals surface area contributed by atoms with Crippen molar-refractivity contribution in [1.82, 2.24) is 5.32 Å². The SMILES string of the molecule is CCC1Oc2cc(C(C)NC(=O)CCC(C)N)ccc2NC1=O.Cl. The van der Waals surface area contributed by atoms with E-state index in [9.17, 15) is 9.59 Å². The summed E-state index contributed by atoms with van der Waals surface area (Å²) in [5.74, 6) is 0.504. The van der Waals surface area contributed by atoms with E-state index in [1.807, 2.05) is 32.9 Å². The lowest BCUT2D eigenvalue weighted by atomic mass is 10.1. The highest BCUT2D eigenvalue weighted by Crippen LogP contribution is 2.32. The molecule has 0 aliphatic carbocycles. The zero-order valence-electron chi connectivity index (χ0n) is 14.3. The van der Waals surface area contributed by atoms with E-state index in [1.165, 1.54) is 0 Å². The molecule has 24 heavy (non-hydrogen) atoms. The zero-order valence-corrected chi connectivity index (χ0v) is 15.1. The van der Waals surface area contributed by atoms with Crippen LogP contribution in [0, 0.1) is 0 Å². The van der Waals surface area contributed by atoms with Crippen molar-refractivity contribution < 1.29 is 14.3 Å². The highest BCUT2D eigenvalue weighted by molar-refractivity contribution is 5.97. The molecule has 0 aromatic heterocycles. The Morgan fingerprint density at radius 3 is 2.75 bits per heavy atom. The van der Waals surface area contributed by atoms with Gasteiger partial charge in [0.2, 0.25) is 5.91 Å². The average molecular weight is 356 g/mol.